The minimum Gasteiger partial charge on any atom is -0.324 e. The van der Waals surface area contributed by atoms with Crippen LogP contribution in [0.5, 0.6) is 0 Å². The molecule has 1 aliphatic heterocycles. The minimum atomic E-state index is -4.12. The Morgan fingerprint density at radius 2 is 1.71 bits per heavy atom. The van der Waals surface area contributed by atoms with Gasteiger partial charge in [0.25, 0.3) is 15.9 Å². The van der Waals surface area contributed by atoms with Gasteiger partial charge in [-0.3, -0.25) is 9.59 Å². The predicted molar refractivity (Wildman–Crippen MR) is 79.7 cm³/mol. The molecule has 2 amide bonds. The summed E-state index contributed by atoms with van der Waals surface area (Å²) in [5, 5.41) is 2.16. The zero-order valence-electron chi connectivity index (χ0n) is 12.0. The predicted octanol–water partition coefficient (Wildman–Crippen LogP) is 1.75. The average molecular weight is 352 g/mol. The van der Waals surface area contributed by atoms with Crippen molar-refractivity contribution in [3.05, 3.63) is 59.7 Å². The molecule has 0 saturated heterocycles. The molecule has 9 heteroatoms. The minimum absolute atomic E-state index is 0.0258. The number of benzene rings is 2. The van der Waals surface area contributed by atoms with Crippen LogP contribution in [0.15, 0.2) is 47.4 Å². The number of hydrogen-bond donors (Lipinski definition) is 1. The first kappa shape index (κ1) is 16.1. The molecule has 0 aromatic heterocycles. The smallest absolute Gasteiger partial charge is 0.269 e. The van der Waals surface area contributed by atoms with Crippen molar-refractivity contribution in [1.29, 1.82) is 0 Å². The molecule has 0 aliphatic carbocycles. The molecular formula is C15H10F2N2O4S. The Hall–Kier alpha value is -2.81. The highest BCUT2D eigenvalue weighted by molar-refractivity contribution is 7.90. The van der Waals surface area contributed by atoms with E-state index < -0.39 is 40.0 Å². The van der Waals surface area contributed by atoms with Gasteiger partial charge in [0.2, 0.25) is 5.91 Å². The van der Waals surface area contributed by atoms with Crippen molar-refractivity contribution in [1.82, 2.24) is 4.31 Å². The highest BCUT2D eigenvalue weighted by Crippen LogP contribution is 2.29. The summed E-state index contributed by atoms with van der Waals surface area (Å²) < 4.78 is 51.2. The Bertz CT molecular complexity index is 939. The van der Waals surface area contributed by atoms with Crippen LogP contribution in [0.1, 0.15) is 10.4 Å². The first-order valence-corrected chi connectivity index (χ1v) is 8.15. The molecule has 0 radical (unpaired) electrons. The van der Waals surface area contributed by atoms with Crippen molar-refractivity contribution >= 4 is 27.5 Å². The van der Waals surface area contributed by atoms with Gasteiger partial charge < -0.3 is 5.32 Å². The second-order valence-electron chi connectivity index (χ2n) is 5.02. The van der Waals surface area contributed by atoms with Gasteiger partial charge in [-0.2, -0.15) is 0 Å². The van der Waals surface area contributed by atoms with Crippen LogP contribution in [0.2, 0.25) is 0 Å². The maximum atomic E-state index is 13.1. The Balaban J connectivity index is 1.82. The third-order valence-electron chi connectivity index (χ3n) is 3.35. The third-order valence-corrected chi connectivity index (χ3v) is 5.13. The van der Waals surface area contributed by atoms with Crippen LogP contribution in [0.3, 0.4) is 0 Å². The van der Waals surface area contributed by atoms with Crippen molar-refractivity contribution < 1.29 is 26.8 Å². The van der Waals surface area contributed by atoms with Crippen LogP contribution in [0, 0.1) is 11.6 Å². The molecule has 24 heavy (non-hydrogen) atoms. The summed E-state index contributed by atoms with van der Waals surface area (Å²) in [4.78, 5) is 23.9. The molecule has 1 heterocycles. The number of fused-ring (bicyclic) bond motifs is 1. The Morgan fingerprint density at radius 1 is 1.08 bits per heavy atom. The zero-order valence-corrected chi connectivity index (χ0v) is 12.8. The number of halogens is 2. The van der Waals surface area contributed by atoms with E-state index in [0.717, 1.165) is 12.1 Å². The zero-order chi connectivity index (χ0) is 17.5. The molecule has 6 nitrogen and oxygen atoms in total. The van der Waals surface area contributed by atoms with E-state index in [9.17, 15) is 26.8 Å². The summed E-state index contributed by atoms with van der Waals surface area (Å²) in [6.45, 7) is -0.798. The van der Waals surface area contributed by atoms with Crippen molar-refractivity contribution in [2.24, 2.45) is 0 Å². The summed E-state index contributed by atoms with van der Waals surface area (Å²) >= 11 is 0. The van der Waals surface area contributed by atoms with Gasteiger partial charge in [0.05, 0.1) is 5.56 Å². The van der Waals surface area contributed by atoms with Gasteiger partial charge in [-0.1, -0.05) is 12.1 Å². The maximum absolute atomic E-state index is 13.1. The first-order chi connectivity index (χ1) is 11.3. The molecule has 1 aliphatic rings. The van der Waals surface area contributed by atoms with E-state index >= 15 is 0 Å². The van der Waals surface area contributed by atoms with Gasteiger partial charge in [-0.25, -0.2) is 21.5 Å². The molecule has 0 saturated carbocycles. The van der Waals surface area contributed by atoms with Crippen LogP contribution in [-0.4, -0.2) is 31.1 Å². The summed E-state index contributed by atoms with van der Waals surface area (Å²) in [5.41, 5.74) is -0.207. The van der Waals surface area contributed by atoms with Crippen molar-refractivity contribution in [2.45, 2.75) is 4.90 Å². The average Bonchev–Trinajstić information content (AvgIpc) is 2.68. The molecule has 2 aromatic rings. The van der Waals surface area contributed by atoms with Gasteiger partial charge >= 0.3 is 0 Å². The topological polar surface area (TPSA) is 83.6 Å². The SMILES string of the molecule is O=C(CN1C(=O)c2ccccc2S1(=O)=O)Nc1cc(F)cc(F)c1. The standard InChI is InChI=1S/C15H10F2N2O4S/c16-9-5-10(17)7-11(6-9)18-14(20)8-19-15(21)12-3-1-2-4-13(12)24(19,22)23/h1-7H,8H2,(H,18,20). The van der Waals surface area contributed by atoms with E-state index in [0.29, 0.717) is 10.4 Å². The van der Waals surface area contributed by atoms with Crippen LogP contribution in [0.25, 0.3) is 0 Å². The summed E-state index contributed by atoms with van der Waals surface area (Å²) in [7, 11) is -4.12. The lowest BCUT2D eigenvalue weighted by molar-refractivity contribution is -0.116. The fraction of sp³-hybridized carbons (Fsp3) is 0.0667. The highest BCUT2D eigenvalue weighted by Gasteiger charge is 2.41. The van der Waals surface area contributed by atoms with Gasteiger partial charge in [0.15, 0.2) is 0 Å². The van der Waals surface area contributed by atoms with Crippen molar-refractivity contribution in [2.75, 3.05) is 11.9 Å². The van der Waals surface area contributed by atoms with Crippen molar-refractivity contribution in [3.63, 3.8) is 0 Å². The lowest BCUT2D eigenvalue weighted by Crippen LogP contribution is -2.37. The number of anilines is 1. The molecule has 1 N–H and O–H groups in total. The number of rotatable bonds is 3. The largest absolute Gasteiger partial charge is 0.324 e. The number of carbonyl (C=O) groups excluding carboxylic acids is 2. The van der Waals surface area contributed by atoms with E-state index in [1.807, 2.05) is 0 Å². The van der Waals surface area contributed by atoms with E-state index in [2.05, 4.69) is 5.32 Å². The first-order valence-electron chi connectivity index (χ1n) is 6.71. The number of amides is 2. The summed E-state index contributed by atoms with van der Waals surface area (Å²) in [6.07, 6.45) is 0. The quantitative estimate of drug-likeness (QED) is 0.912. The van der Waals surface area contributed by atoms with E-state index in [1.54, 1.807) is 0 Å². The second-order valence-corrected chi connectivity index (χ2v) is 6.85. The van der Waals surface area contributed by atoms with Crippen LogP contribution < -0.4 is 5.32 Å². The number of nitrogens with zero attached hydrogens (tertiary/aromatic N) is 1. The monoisotopic (exact) mass is 352 g/mol. The van der Waals surface area contributed by atoms with E-state index in [1.165, 1.54) is 24.3 Å². The fourth-order valence-corrected chi connectivity index (χ4v) is 3.87. The lowest BCUT2D eigenvalue weighted by Gasteiger charge is -2.14. The Morgan fingerprint density at radius 3 is 2.33 bits per heavy atom. The molecule has 3 rings (SSSR count). The van der Waals surface area contributed by atoms with Crippen LogP contribution >= 0.6 is 0 Å². The fourth-order valence-electron chi connectivity index (χ4n) is 2.34. The van der Waals surface area contributed by atoms with Crippen molar-refractivity contribution in [3.8, 4) is 0 Å². The molecule has 0 bridgehead atoms. The molecular weight excluding hydrogens is 342 g/mol. The summed E-state index contributed by atoms with van der Waals surface area (Å²) in [5.74, 6) is -3.53. The molecule has 0 fully saturated rings. The van der Waals surface area contributed by atoms with Gasteiger partial charge in [-0.15, -0.1) is 0 Å². The normalized spacial score (nSPS) is 15.2. The van der Waals surface area contributed by atoms with E-state index in [-0.39, 0.29) is 16.1 Å². The number of sulfonamides is 1. The van der Waals surface area contributed by atoms with Gasteiger partial charge in [-0.05, 0) is 24.3 Å². The third kappa shape index (κ3) is 2.73. The second kappa shape index (κ2) is 5.68. The maximum Gasteiger partial charge on any atom is 0.269 e. The van der Waals surface area contributed by atoms with Crippen LogP contribution in [0.4, 0.5) is 14.5 Å². The number of nitrogens with one attached hydrogen (secondary N) is 1. The molecule has 0 atom stereocenters. The number of hydrogen-bond acceptors (Lipinski definition) is 4. The molecule has 124 valence electrons. The van der Waals surface area contributed by atoms with Gasteiger partial charge in [0, 0.05) is 11.8 Å². The van der Waals surface area contributed by atoms with Gasteiger partial charge in [0.1, 0.15) is 23.1 Å². The molecule has 2 aromatic carbocycles. The molecule has 0 spiro atoms. The van der Waals surface area contributed by atoms with E-state index in [4.69, 9.17) is 0 Å². The Labute approximate surface area is 135 Å². The molecule has 0 unspecified atom stereocenters. The summed E-state index contributed by atoms with van der Waals surface area (Å²) in [6, 6.07) is 7.94. The Kier molecular flexibility index (Phi) is 3.80. The lowest BCUT2D eigenvalue weighted by atomic mass is 10.2. The van der Waals surface area contributed by atoms with Crippen LogP contribution in [-0.2, 0) is 14.8 Å². The highest BCUT2D eigenvalue weighted by atomic mass is 32.2. The number of carbonyl (C=O) groups is 2.